The molecule has 0 amide bonds. The molecule has 8 aromatic rings. The summed E-state index contributed by atoms with van der Waals surface area (Å²) in [6, 6.07) is 52.2. The van der Waals surface area contributed by atoms with Crippen molar-refractivity contribution in [3.8, 4) is 6.07 Å². The van der Waals surface area contributed by atoms with Gasteiger partial charge < -0.3 is 9.80 Å². The van der Waals surface area contributed by atoms with Crippen LogP contribution in [-0.2, 0) is 0 Å². The molecule has 0 heterocycles. The van der Waals surface area contributed by atoms with Crippen molar-refractivity contribution >= 4 is 98.7 Å². The molecule has 0 atom stereocenters. The van der Waals surface area contributed by atoms with Crippen molar-refractivity contribution in [2.75, 3.05) is 9.80 Å². The summed E-state index contributed by atoms with van der Waals surface area (Å²) < 4.78 is 0. The van der Waals surface area contributed by atoms with Crippen LogP contribution in [0.15, 0.2) is 133 Å². The van der Waals surface area contributed by atoms with Crippen LogP contribution in [0.3, 0.4) is 0 Å². The Morgan fingerprint density at radius 2 is 0.828 bits per heavy atom. The van der Waals surface area contributed by atoms with Gasteiger partial charge in [0.05, 0.1) is 45.7 Å². The first-order valence-corrected chi connectivity index (χ1v) is 30.5. The van der Waals surface area contributed by atoms with E-state index >= 15 is 0 Å². The van der Waals surface area contributed by atoms with Crippen molar-refractivity contribution in [1.82, 2.24) is 0 Å². The van der Waals surface area contributed by atoms with Crippen LogP contribution in [0.2, 0.25) is 39.3 Å². The van der Waals surface area contributed by atoms with E-state index in [0.29, 0.717) is 23.1 Å². The average molecular weight is 867 g/mol. The molecule has 0 aliphatic heterocycles. The Kier molecular flexibility index (Phi) is 10.7. The Bertz CT molecular complexity index is 2860. The Morgan fingerprint density at radius 3 is 1.17 bits per heavy atom. The van der Waals surface area contributed by atoms with E-state index in [1.54, 1.807) is 0 Å². The molecule has 2 saturated carbocycles. The van der Waals surface area contributed by atoms with Gasteiger partial charge in [-0.1, -0.05) is 136 Å². The molecule has 4 nitrogen and oxygen atoms in total. The molecule has 0 saturated heterocycles. The lowest BCUT2D eigenvalue weighted by Crippen LogP contribution is -2.37. The zero-order valence-electron chi connectivity index (χ0n) is 38.3. The van der Waals surface area contributed by atoms with Crippen LogP contribution in [0, 0.1) is 17.9 Å². The summed E-state index contributed by atoms with van der Waals surface area (Å²) in [7, 11) is -3.09. The highest BCUT2D eigenvalue weighted by atomic mass is 28.3. The number of hydrogen-bond acceptors (Lipinski definition) is 3. The van der Waals surface area contributed by atoms with Gasteiger partial charge >= 0.3 is 0 Å². The molecule has 0 unspecified atom stereocenters. The second-order valence-electron chi connectivity index (χ2n) is 20.6. The van der Waals surface area contributed by atoms with Crippen LogP contribution in [0.25, 0.3) is 37.2 Å². The summed E-state index contributed by atoms with van der Waals surface area (Å²) in [5, 5.41) is 20.7. The highest BCUT2D eigenvalue weighted by Crippen LogP contribution is 2.53. The zero-order valence-corrected chi connectivity index (χ0v) is 40.3. The fraction of sp³-hybridized carbons (Fsp3) is 0.276. The maximum Gasteiger partial charge on any atom is 0.187 e. The fourth-order valence-corrected chi connectivity index (χ4v) is 13.3. The van der Waals surface area contributed by atoms with Gasteiger partial charge in [-0.2, -0.15) is 5.26 Å². The van der Waals surface area contributed by atoms with Gasteiger partial charge in [0.15, 0.2) is 5.69 Å². The Labute approximate surface area is 382 Å². The van der Waals surface area contributed by atoms with Crippen molar-refractivity contribution in [3.63, 3.8) is 0 Å². The van der Waals surface area contributed by atoms with Gasteiger partial charge in [0.1, 0.15) is 0 Å². The van der Waals surface area contributed by atoms with E-state index in [1.165, 1.54) is 117 Å². The summed E-state index contributed by atoms with van der Waals surface area (Å²) in [4.78, 5) is 8.71. The Hall–Kier alpha value is -6.19. The number of rotatable bonds is 10. The molecule has 0 spiro atoms. The second-order valence-corrected chi connectivity index (χ2v) is 30.7. The van der Waals surface area contributed by atoms with E-state index in [4.69, 9.17) is 6.57 Å². The highest BCUT2D eigenvalue weighted by Gasteiger charge is 2.30. The lowest BCUT2D eigenvalue weighted by molar-refractivity contribution is 0.729. The normalized spacial score (nSPS) is 15.0. The quantitative estimate of drug-likeness (QED) is 0.0780. The standard InChI is InChI=1S/C58H58N4Si2/c1-60-42-18-22-44(23-19-42)62(46-26-30-48(31-27-46)64(5,6)7)56-37-54(41-14-10-11-15-41)50-32-34-51-55(36-53(40-12-8-9-13-40)49-33-35-52(56)58(50)57(49)51)61(43-20-16-39(38-59)17-21-43)45-24-28-47(29-25-45)63(2,3)4/h16-37,40-41H,8-15H2,2-7H3. The van der Waals surface area contributed by atoms with Crippen LogP contribution in [0.1, 0.15) is 79.9 Å². The number of benzene rings is 8. The first-order valence-electron chi connectivity index (χ1n) is 23.5. The van der Waals surface area contributed by atoms with E-state index in [1.807, 2.05) is 24.3 Å². The molecule has 8 aromatic carbocycles. The molecule has 0 N–H and O–H groups in total. The van der Waals surface area contributed by atoms with Gasteiger partial charge in [-0.15, -0.1) is 0 Å². The summed E-state index contributed by atoms with van der Waals surface area (Å²) in [5.74, 6) is 0.967. The Morgan fingerprint density at radius 1 is 0.484 bits per heavy atom. The van der Waals surface area contributed by atoms with Gasteiger partial charge in [-0.3, -0.25) is 0 Å². The van der Waals surface area contributed by atoms with Crippen molar-refractivity contribution in [3.05, 3.63) is 162 Å². The monoisotopic (exact) mass is 866 g/mol. The van der Waals surface area contributed by atoms with Crippen LogP contribution >= 0.6 is 0 Å². The van der Waals surface area contributed by atoms with Crippen molar-refractivity contribution < 1.29 is 0 Å². The molecule has 64 heavy (non-hydrogen) atoms. The molecular weight excluding hydrogens is 809 g/mol. The maximum absolute atomic E-state index is 9.87. The SMILES string of the molecule is [C-]#[N+]c1ccc(N(c2ccc([Si](C)(C)C)cc2)c2cc(C3CCCC3)c3ccc4c(N(c5ccc(C#N)cc5)c5ccc([Si](C)(C)C)cc5)cc(C5CCCC5)c5ccc2c3c54)cc1. The molecule has 6 heteroatoms. The number of anilines is 6. The predicted octanol–water partition coefficient (Wildman–Crippen LogP) is 16.4. The van der Waals surface area contributed by atoms with E-state index in [-0.39, 0.29) is 0 Å². The molecule has 2 aliphatic rings. The van der Waals surface area contributed by atoms with Gasteiger partial charge in [0.25, 0.3) is 0 Å². The molecule has 318 valence electrons. The maximum atomic E-state index is 9.87. The summed E-state index contributed by atoms with van der Waals surface area (Å²) in [6.45, 7) is 22.2. The van der Waals surface area contributed by atoms with Gasteiger partial charge in [-0.05, 0) is 143 Å². The number of nitrogens with zero attached hydrogens (tertiary/aromatic N) is 4. The molecule has 2 fully saturated rings. The van der Waals surface area contributed by atoms with E-state index in [0.717, 1.165) is 22.7 Å². The highest BCUT2D eigenvalue weighted by molar-refractivity contribution is 6.89. The average Bonchev–Trinajstić information content (AvgIpc) is 4.06. The van der Waals surface area contributed by atoms with Crippen LogP contribution in [0.5, 0.6) is 0 Å². The molecule has 2 aliphatic carbocycles. The minimum atomic E-state index is -1.54. The molecular formula is C58H58N4Si2. The smallest absolute Gasteiger partial charge is 0.187 e. The zero-order chi connectivity index (χ0) is 44.3. The number of nitriles is 1. The van der Waals surface area contributed by atoms with Crippen molar-refractivity contribution in [2.45, 2.75) is 102 Å². The molecule has 0 radical (unpaired) electrons. The minimum absolute atomic E-state index is 0.483. The third kappa shape index (κ3) is 7.47. The molecule has 10 rings (SSSR count). The third-order valence-corrected chi connectivity index (χ3v) is 18.6. The summed E-state index contributed by atoms with van der Waals surface area (Å²) in [5.41, 5.74) is 11.0. The second kappa shape index (κ2) is 16.4. The van der Waals surface area contributed by atoms with Crippen molar-refractivity contribution in [1.29, 1.82) is 5.26 Å². The molecule has 0 aromatic heterocycles. The summed E-state index contributed by atoms with van der Waals surface area (Å²) >= 11 is 0. The van der Waals surface area contributed by atoms with Crippen LogP contribution in [-0.4, -0.2) is 16.1 Å². The van der Waals surface area contributed by atoms with Gasteiger partial charge in [-0.25, -0.2) is 4.85 Å². The van der Waals surface area contributed by atoms with Crippen molar-refractivity contribution in [2.24, 2.45) is 0 Å². The lowest BCUT2D eigenvalue weighted by atomic mass is 9.82. The third-order valence-electron chi connectivity index (χ3n) is 14.5. The molecule has 0 bridgehead atoms. The summed E-state index contributed by atoms with van der Waals surface area (Å²) in [6.07, 6.45) is 9.83. The Balaban J connectivity index is 1.31. The fourth-order valence-electron chi connectivity index (χ4n) is 11.0. The minimum Gasteiger partial charge on any atom is -0.310 e. The first-order chi connectivity index (χ1) is 30.9. The van der Waals surface area contributed by atoms with Crippen LogP contribution < -0.4 is 20.2 Å². The topological polar surface area (TPSA) is 34.6 Å². The van der Waals surface area contributed by atoms with Gasteiger partial charge in [0.2, 0.25) is 0 Å². The van der Waals surface area contributed by atoms with E-state index in [9.17, 15) is 5.26 Å². The van der Waals surface area contributed by atoms with Gasteiger partial charge in [0, 0.05) is 33.5 Å². The van der Waals surface area contributed by atoms with Crippen LogP contribution in [0.4, 0.5) is 39.8 Å². The predicted molar refractivity (Wildman–Crippen MR) is 279 cm³/mol. The van der Waals surface area contributed by atoms with E-state index in [2.05, 4.69) is 169 Å². The number of hydrogen-bond donors (Lipinski definition) is 0. The lowest BCUT2D eigenvalue weighted by Gasteiger charge is -2.32. The largest absolute Gasteiger partial charge is 0.310 e. The first kappa shape index (κ1) is 41.8. The van der Waals surface area contributed by atoms with E-state index < -0.39 is 16.1 Å².